The molecule has 22 heavy (non-hydrogen) atoms. The molecule has 1 atom stereocenters. The van der Waals surface area contributed by atoms with E-state index >= 15 is 0 Å². The van der Waals surface area contributed by atoms with Gasteiger partial charge >= 0.3 is 0 Å². The van der Waals surface area contributed by atoms with Gasteiger partial charge < -0.3 is 15.4 Å². The van der Waals surface area contributed by atoms with Crippen molar-refractivity contribution in [3.8, 4) is 5.75 Å². The number of nitrogens with two attached hydrogens (primary N) is 1. The highest BCUT2D eigenvalue weighted by molar-refractivity contribution is 6.35. The first-order valence-electron chi connectivity index (χ1n) is 7.34. The molecule has 2 N–H and O–H groups in total. The Morgan fingerprint density at radius 1 is 1.45 bits per heavy atom. The van der Waals surface area contributed by atoms with E-state index in [-0.39, 0.29) is 18.6 Å². The second kappa shape index (κ2) is 6.50. The van der Waals surface area contributed by atoms with Gasteiger partial charge in [-0.2, -0.15) is 0 Å². The molecule has 5 nitrogen and oxygen atoms in total. The van der Waals surface area contributed by atoms with Crippen molar-refractivity contribution in [2.75, 3.05) is 19.7 Å². The van der Waals surface area contributed by atoms with Crippen LogP contribution in [-0.2, 0) is 4.79 Å². The predicted molar refractivity (Wildman–Crippen MR) is 86.0 cm³/mol. The third-order valence-corrected chi connectivity index (χ3v) is 4.17. The van der Waals surface area contributed by atoms with Crippen LogP contribution in [0.3, 0.4) is 0 Å². The molecule has 2 aromatic rings. The van der Waals surface area contributed by atoms with Crippen LogP contribution >= 0.6 is 11.6 Å². The summed E-state index contributed by atoms with van der Waals surface area (Å²) in [4.78, 5) is 18.3. The monoisotopic (exact) mass is 319 g/mol. The predicted octanol–water partition coefficient (Wildman–Crippen LogP) is 2.22. The number of carbonyl (C=O) groups excluding carboxylic acids is 1. The summed E-state index contributed by atoms with van der Waals surface area (Å²) in [7, 11) is 0. The van der Waals surface area contributed by atoms with Crippen molar-refractivity contribution < 1.29 is 9.53 Å². The van der Waals surface area contributed by atoms with Crippen LogP contribution in [0, 0.1) is 0 Å². The van der Waals surface area contributed by atoms with Crippen molar-refractivity contribution in [2.45, 2.75) is 18.9 Å². The minimum absolute atomic E-state index is 0.0139. The topological polar surface area (TPSA) is 68.5 Å². The fourth-order valence-corrected chi connectivity index (χ4v) is 2.91. The molecule has 0 spiro atoms. The number of piperidine rings is 1. The van der Waals surface area contributed by atoms with E-state index in [9.17, 15) is 4.79 Å². The molecule has 6 heteroatoms. The van der Waals surface area contributed by atoms with Gasteiger partial charge in [0.25, 0.3) is 5.91 Å². The fraction of sp³-hybridized carbons (Fsp3) is 0.375. The summed E-state index contributed by atoms with van der Waals surface area (Å²) in [6.07, 6.45) is 3.59. The molecule has 1 aliphatic heterocycles. The standard InChI is InChI=1S/C16H18ClN3O2/c17-13-5-6-14(16-12(13)4-1-7-19-16)22-10-15(21)20-8-2-3-11(18)9-20/h1,4-7,11H,2-3,8-10,18H2. The number of fused-ring (bicyclic) bond motifs is 1. The van der Waals surface area contributed by atoms with Crippen LogP contribution in [0.2, 0.25) is 5.02 Å². The molecule has 0 aliphatic carbocycles. The van der Waals surface area contributed by atoms with Gasteiger partial charge in [0.2, 0.25) is 0 Å². The number of halogens is 1. The number of likely N-dealkylation sites (tertiary alicyclic amines) is 1. The molecular formula is C16H18ClN3O2. The number of carbonyl (C=O) groups is 1. The van der Waals surface area contributed by atoms with Crippen LogP contribution < -0.4 is 10.5 Å². The summed E-state index contributed by atoms with van der Waals surface area (Å²) < 4.78 is 5.67. The quantitative estimate of drug-likeness (QED) is 0.942. The molecule has 3 rings (SSSR count). The molecule has 1 saturated heterocycles. The Morgan fingerprint density at radius 2 is 2.32 bits per heavy atom. The maximum Gasteiger partial charge on any atom is 0.260 e. The number of nitrogens with zero attached hydrogens (tertiary/aromatic N) is 2. The number of rotatable bonds is 3. The Hall–Kier alpha value is -1.85. The van der Waals surface area contributed by atoms with Crippen LogP contribution in [0.4, 0.5) is 0 Å². The second-order valence-corrected chi connectivity index (χ2v) is 5.88. The normalized spacial score (nSPS) is 18.5. The SMILES string of the molecule is NC1CCCN(C(=O)COc2ccc(Cl)c3cccnc23)C1. The van der Waals surface area contributed by atoms with Crippen molar-refractivity contribution in [3.05, 3.63) is 35.5 Å². The molecule has 0 radical (unpaired) electrons. The number of pyridine rings is 1. The van der Waals surface area contributed by atoms with Gasteiger partial charge in [-0.3, -0.25) is 9.78 Å². The van der Waals surface area contributed by atoms with E-state index in [0.29, 0.717) is 22.8 Å². The van der Waals surface area contributed by atoms with Gasteiger partial charge in [-0.15, -0.1) is 0 Å². The van der Waals surface area contributed by atoms with Gasteiger partial charge in [-0.05, 0) is 37.1 Å². The van der Waals surface area contributed by atoms with Gasteiger partial charge in [-0.25, -0.2) is 0 Å². The molecule has 1 unspecified atom stereocenters. The van der Waals surface area contributed by atoms with Gasteiger partial charge in [0, 0.05) is 30.7 Å². The van der Waals surface area contributed by atoms with E-state index < -0.39 is 0 Å². The van der Waals surface area contributed by atoms with E-state index in [0.717, 1.165) is 24.8 Å². The molecule has 1 aliphatic rings. The van der Waals surface area contributed by atoms with Crippen molar-refractivity contribution in [2.24, 2.45) is 5.73 Å². The fourth-order valence-electron chi connectivity index (χ4n) is 2.70. The number of hydrogen-bond donors (Lipinski definition) is 1. The highest BCUT2D eigenvalue weighted by Gasteiger charge is 2.21. The average molecular weight is 320 g/mol. The van der Waals surface area contributed by atoms with Gasteiger partial charge in [0.05, 0.1) is 5.02 Å². The molecule has 116 valence electrons. The lowest BCUT2D eigenvalue weighted by atomic mass is 10.1. The summed E-state index contributed by atoms with van der Waals surface area (Å²) in [5.74, 6) is 0.517. The Morgan fingerprint density at radius 3 is 3.14 bits per heavy atom. The lowest BCUT2D eigenvalue weighted by Crippen LogP contribution is -2.47. The summed E-state index contributed by atoms with van der Waals surface area (Å²) in [5, 5.41) is 1.43. The Bertz CT molecular complexity index is 692. The molecule has 1 amide bonds. The third-order valence-electron chi connectivity index (χ3n) is 3.84. The molecule has 0 bridgehead atoms. The van der Waals surface area contributed by atoms with E-state index in [4.69, 9.17) is 22.1 Å². The Balaban J connectivity index is 1.71. The van der Waals surface area contributed by atoms with E-state index in [1.807, 2.05) is 12.1 Å². The largest absolute Gasteiger partial charge is 0.481 e. The van der Waals surface area contributed by atoms with E-state index in [2.05, 4.69) is 4.98 Å². The number of aromatic nitrogens is 1. The summed E-state index contributed by atoms with van der Waals surface area (Å²) in [5.41, 5.74) is 6.57. The molecule has 2 heterocycles. The molecule has 1 fully saturated rings. The zero-order valence-electron chi connectivity index (χ0n) is 12.2. The first kappa shape index (κ1) is 15.1. The zero-order chi connectivity index (χ0) is 15.5. The molecular weight excluding hydrogens is 302 g/mol. The van der Waals surface area contributed by atoms with E-state index in [1.54, 1.807) is 23.2 Å². The van der Waals surface area contributed by atoms with Crippen LogP contribution in [0.15, 0.2) is 30.5 Å². The van der Waals surface area contributed by atoms with Crippen LogP contribution in [0.1, 0.15) is 12.8 Å². The van der Waals surface area contributed by atoms with Gasteiger partial charge in [0.15, 0.2) is 6.61 Å². The van der Waals surface area contributed by atoms with Gasteiger partial charge in [0.1, 0.15) is 11.3 Å². The van der Waals surface area contributed by atoms with Crippen molar-refractivity contribution in [1.29, 1.82) is 0 Å². The Kier molecular flexibility index (Phi) is 4.45. The number of benzene rings is 1. The minimum atomic E-state index is -0.0471. The van der Waals surface area contributed by atoms with Crippen molar-refractivity contribution in [1.82, 2.24) is 9.88 Å². The highest BCUT2D eigenvalue weighted by atomic mass is 35.5. The third kappa shape index (κ3) is 3.15. The highest BCUT2D eigenvalue weighted by Crippen LogP contribution is 2.29. The number of hydrogen-bond acceptors (Lipinski definition) is 4. The molecule has 1 aromatic carbocycles. The summed E-state index contributed by atoms with van der Waals surface area (Å²) in [6, 6.07) is 7.26. The lowest BCUT2D eigenvalue weighted by Gasteiger charge is -2.30. The smallest absolute Gasteiger partial charge is 0.260 e. The first-order valence-corrected chi connectivity index (χ1v) is 7.72. The van der Waals surface area contributed by atoms with Crippen molar-refractivity contribution >= 4 is 28.4 Å². The molecule has 1 aromatic heterocycles. The summed E-state index contributed by atoms with van der Waals surface area (Å²) >= 11 is 6.14. The average Bonchev–Trinajstić information content (AvgIpc) is 2.54. The zero-order valence-corrected chi connectivity index (χ0v) is 12.9. The van der Waals surface area contributed by atoms with Crippen molar-refractivity contribution in [3.63, 3.8) is 0 Å². The number of amides is 1. The van der Waals surface area contributed by atoms with Crippen LogP contribution in [-0.4, -0.2) is 41.5 Å². The molecule has 0 saturated carbocycles. The Labute approximate surface area is 134 Å². The minimum Gasteiger partial charge on any atom is -0.481 e. The maximum atomic E-state index is 12.2. The lowest BCUT2D eigenvalue weighted by molar-refractivity contribution is -0.134. The number of ether oxygens (including phenoxy) is 1. The second-order valence-electron chi connectivity index (χ2n) is 5.48. The summed E-state index contributed by atoms with van der Waals surface area (Å²) in [6.45, 7) is 1.33. The van der Waals surface area contributed by atoms with Crippen LogP contribution in [0.5, 0.6) is 5.75 Å². The van der Waals surface area contributed by atoms with E-state index in [1.165, 1.54) is 0 Å². The first-order chi connectivity index (χ1) is 10.6. The van der Waals surface area contributed by atoms with Gasteiger partial charge in [-0.1, -0.05) is 11.6 Å². The van der Waals surface area contributed by atoms with Crippen LogP contribution in [0.25, 0.3) is 10.9 Å². The maximum absolute atomic E-state index is 12.2.